The van der Waals surface area contributed by atoms with Crippen molar-refractivity contribution in [2.24, 2.45) is 0 Å². The van der Waals surface area contributed by atoms with Crippen molar-refractivity contribution in [2.45, 2.75) is 18.8 Å². The summed E-state index contributed by atoms with van der Waals surface area (Å²) < 4.78 is 13.2. The predicted molar refractivity (Wildman–Crippen MR) is 73.9 cm³/mol. The average Bonchev–Trinajstić information content (AvgIpc) is 3.01. The molecule has 1 atom stereocenters. The van der Waals surface area contributed by atoms with Crippen molar-refractivity contribution in [2.75, 3.05) is 18.0 Å². The highest BCUT2D eigenvalue weighted by atomic mass is 19.1. The number of benzene rings is 1. The summed E-state index contributed by atoms with van der Waals surface area (Å²) in [6, 6.07) is 6.48. The molecular weight excluding hydrogens is 255 g/mol. The van der Waals surface area contributed by atoms with Crippen LogP contribution in [0.1, 0.15) is 30.1 Å². The number of H-pyrrole nitrogens is 1. The zero-order valence-electron chi connectivity index (χ0n) is 11.0. The Morgan fingerprint density at radius 2 is 2.35 bits per heavy atom. The minimum Gasteiger partial charge on any atom is -0.370 e. The monoisotopic (exact) mass is 270 g/mol. The van der Waals surface area contributed by atoms with Gasteiger partial charge in [-0.15, -0.1) is 0 Å². The van der Waals surface area contributed by atoms with Crippen LogP contribution in [0, 0.1) is 17.1 Å². The van der Waals surface area contributed by atoms with E-state index in [9.17, 15) is 4.39 Å². The van der Waals surface area contributed by atoms with E-state index >= 15 is 0 Å². The van der Waals surface area contributed by atoms with Crippen LogP contribution in [-0.4, -0.2) is 23.1 Å². The second kappa shape index (κ2) is 5.33. The first-order valence-electron chi connectivity index (χ1n) is 6.72. The number of anilines is 1. The van der Waals surface area contributed by atoms with E-state index < -0.39 is 0 Å². The highest BCUT2D eigenvalue weighted by Crippen LogP contribution is 2.30. The molecule has 3 rings (SSSR count). The van der Waals surface area contributed by atoms with Crippen molar-refractivity contribution < 1.29 is 4.39 Å². The summed E-state index contributed by atoms with van der Waals surface area (Å²) in [5.41, 5.74) is 1.20. The maximum absolute atomic E-state index is 13.2. The topological polar surface area (TPSA) is 55.7 Å². The Kier molecular flexibility index (Phi) is 3.38. The van der Waals surface area contributed by atoms with Gasteiger partial charge in [-0.1, -0.05) is 0 Å². The molecule has 1 aromatic carbocycles. The normalized spacial score (nSPS) is 18.8. The van der Waals surface area contributed by atoms with Gasteiger partial charge in [-0.3, -0.25) is 0 Å². The first-order valence-corrected chi connectivity index (χ1v) is 6.72. The Bertz CT molecular complexity index is 630. The first kappa shape index (κ1) is 12.7. The van der Waals surface area contributed by atoms with E-state index in [1.54, 1.807) is 12.3 Å². The molecule has 0 amide bonds. The lowest BCUT2D eigenvalue weighted by Crippen LogP contribution is -2.35. The summed E-state index contributed by atoms with van der Waals surface area (Å²) in [4.78, 5) is 9.62. The number of halogens is 1. The lowest BCUT2D eigenvalue weighted by atomic mass is 9.96. The molecule has 1 aromatic heterocycles. The van der Waals surface area contributed by atoms with E-state index in [0.29, 0.717) is 11.5 Å². The maximum atomic E-state index is 13.2. The SMILES string of the molecule is N#Cc1cc(F)ccc1N1CCC[C@@H](c2ncc[nH]2)C1. The number of aromatic nitrogens is 2. The molecule has 0 bridgehead atoms. The number of piperidine rings is 1. The van der Waals surface area contributed by atoms with Crippen LogP contribution in [0.25, 0.3) is 0 Å². The van der Waals surface area contributed by atoms with E-state index in [-0.39, 0.29) is 5.82 Å². The van der Waals surface area contributed by atoms with Gasteiger partial charge in [-0.05, 0) is 31.0 Å². The summed E-state index contributed by atoms with van der Waals surface area (Å²) in [5, 5.41) is 9.16. The molecule has 102 valence electrons. The molecule has 20 heavy (non-hydrogen) atoms. The van der Waals surface area contributed by atoms with Crippen molar-refractivity contribution >= 4 is 5.69 Å². The molecule has 1 fully saturated rings. The van der Waals surface area contributed by atoms with Gasteiger partial charge in [0.2, 0.25) is 0 Å². The Hall–Kier alpha value is -2.35. The van der Waals surface area contributed by atoms with Gasteiger partial charge in [0.15, 0.2) is 0 Å². The van der Waals surface area contributed by atoms with E-state index in [2.05, 4.69) is 20.9 Å². The van der Waals surface area contributed by atoms with Gasteiger partial charge in [0, 0.05) is 31.4 Å². The lowest BCUT2D eigenvalue weighted by molar-refractivity contribution is 0.494. The van der Waals surface area contributed by atoms with E-state index in [1.165, 1.54) is 12.1 Å². The number of nitrogens with one attached hydrogen (secondary N) is 1. The van der Waals surface area contributed by atoms with Gasteiger partial charge in [0.05, 0.1) is 11.3 Å². The Morgan fingerprint density at radius 1 is 1.45 bits per heavy atom. The number of aromatic amines is 1. The van der Waals surface area contributed by atoms with E-state index in [1.807, 2.05) is 6.20 Å². The summed E-state index contributed by atoms with van der Waals surface area (Å²) in [7, 11) is 0. The zero-order chi connectivity index (χ0) is 13.9. The summed E-state index contributed by atoms with van der Waals surface area (Å²) in [6.45, 7) is 1.69. The van der Waals surface area contributed by atoms with Gasteiger partial charge >= 0.3 is 0 Å². The Labute approximate surface area is 116 Å². The second-order valence-corrected chi connectivity index (χ2v) is 5.03. The molecule has 1 N–H and O–H groups in total. The van der Waals surface area contributed by atoms with Gasteiger partial charge in [0.1, 0.15) is 17.7 Å². The van der Waals surface area contributed by atoms with Crippen LogP contribution in [0.4, 0.5) is 10.1 Å². The van der Waals surface area contributed by atoms with E-state index in [0.717, 1.165) is 37.4 Å². The number of imidazole rings is 1. The summed E-state index contributed by atoms with van der Waals surface area (Å²) in [5.74, 6) is 0.940. The van der Waals surface area contributed by atoms with Crippen LogP contribution in [0.5, 0.6) is 0 Å². The lowest BCUT2D eigenvalue weighted by Gasteiger charge is -2.34. The minimum atomic E-state index is -0.370. The molecule has 2 heterocycles. The average molecular weight is 270 g/mol. The van der Waals surface area contributed by atoms with Crippen LogP contribution in [-0.2, 0) is 0 Å². The van der Waals surface area contributed by atoms with E-state index in [4.69, 9.17) is 5.26 Å². The van der Waals surface area contributed by atoms with Crippen LogP contribution >= 0.6 is 0 Å². The quantitative estimate of drug-likeness (QED) is 0.913. The molecule has 0 unspecified atom stereocenters. The standard InChI is InChI=1S/C15H15FN4/c16-13-3-4-14(12(8-13)9-17)20-7-1-2-11(10-20)15-18-5-6-19-15/h3-6,8,11H,1-2,7,10H2,(H,18,19)/t11-/m1/s1. The third-order valence-electron chi connectivity index (χ3n) is 3.75. The molecule has 1 aliphatic rings. The summed E-state index contributed by atoms with van der Waals surface area (Å²) in [6.07, 6.45) is 5.69. The third kappa shape index (κ3) is 2.37. The molecule has 0 radical (unpaired) electrons. The van der Waals surface area contributed by atoms with Crippen LogP contribution in [0.15, 0.2) is 30.6 Å². The van der Waals surface area contributed by atoms with Gasteiger partial charge in [-0.25, -0.2) is 9.37 Å². The van der Waals surface area contributed by atoms with Crippen molar-refractivity contribution in [1.82, 2.24) is 9.97 Å². The first-order chi connectivity index (χ1) is 9.78. The minimum absolute atomic E-state index is 0.329. The van der Waals surface area contributed by atoms with Crippen LogP contribution in [0.2, 0.25) is 0 Å². The zero-order valence-corrected chi connectivity index (χ0v) is 11.0. The summed E-state index contributed by atoms with van der Waals surface area (Å²) >= 11 is 0. The molecule has 5 heteroatoms. The largest absolute Gasteiger partial charge is 0.370 e. The fraction of sp³-hybridized carbons (Fsp3) is 0.333. The smallest absolute Gasteiger partial charge is 0.124 e. The molecule has 1 aliphatic heterocycles. The van der Waals surface area contributed by atoms with Crippen molar-refractivity contribution in [3.05, 3.63) is 47.8 Å². The fourth-order valence-electron chi connectivity index (χ4n) is 2.79. The number of hydrogen-bond acceptors (Lipinski definition) is 3. The van der Waals surface area contributed by atoms with Gasteiger partial charge in [-0.2, -0.15) is 5.26 Å². The third-order valence-corrected chi connectivity index (χ3v) is 3.75. The van der Waals surface area contributed by atoms with Crippen LogP contribution in [0.3, 0.4) is 0 Å². The van der Waals surface area contributed by atoms with Crippen LogP contribution < -0.4 is 4.90 Å². The molecule has 2 aromatic rings. The molecule has 0 saturated carbocycles. The number of nitriles is 1. The highest BCUT2D eigenvalue weighted by Gasteiger charge is 2.24. The Balaban J connectivity index is 1.86. The van der Waals surface area contributed by atoms with Crippen molar-refractivity contribution in [3.8, 4) is 6.07 Å². The molecule has 4 nitrogen and oxygen atoms in total. The fourth-order valence-corrected chi connectivity index (χ4v) is 2.79. The predicted octanol–water partition coefficient (Wildman–Crippen LogP) is 2.80. The van der Waals surface area contributed by atoms with Gasteiger partial charge in [0.25, 0.3) is 0 Å². The number of nitrogens with zero attached hydrogens (tertiary/aromatic N) is 3. The van der Waals surface area contributed by atoms with Crippen molar-refractivity contribution in [1.29, 1.82) is 5.26 Å². The van der Waals surface area contributed by atoms with Crippen molar-refractivity contribution in [3.63, 3.8) is 0 Å². The molecule has 1 saturated heterocycles. The Morgan fingerprint density at radius 3 is 3.10 bits per heavy atom. The second-order valence-electron chi connectivity index (χ2n) is 5.03. The maximum Gasteiger partial charge on any atom is 0.124 e. The highest BCUT2D eigenvalue weighted by molar-refractivity contribution is 5.59. The number of hydrogen-bond donors (Lipinski definition) is 1. The molecular formula is C15H15FN4. The molecule has 0 spiro atoms. The molecule has 0 aliphatic carbocycles. The van der Waals surface area contributed by atoms with Gasteiger partial charge < -0.3 is 9.88 Å². The number of rotatable bonds is 2.